The number of aromatic amines is 2. The number of carbonyl (C=O) groups excluding carboxylic acids is 4. The van der Waals surface area contributed by atoms with Crippen molar-refractivity contribution in [2.24, 2.45) is 11.8 Å². The maximum atomic E-state index is 14.0. The third kappa shape index (κ3) is 8.73. The number of hydrogen-bond donors (Lipinski definition) is 4. The molecule has 2 aromatic carbocycles. The number of aromatic nitrogens is 4. The Bertz CT molecular complexity index is 2040. The number of imidazole rings is 2. The van der Waals surface area contributed by atoms with Gasteiger partial charge >= 0.3 is 12.2 Å². The Hall–Kier alpha value is -6.18. The lowest BCUT2D eigenvalue weighted by molar-refractivity contribution is -0.136. The SMILES string of the molecule is COC(=O)NC(C(=O)N1CC=C[C@H]1c1ncc(-c2ccc(-c3ccc(-c4cnc([C@@H]5C=CCN5C(=O)[C@@H](NC(=O)OC)C5CCCCC5)[nH]4)cc3)cc2)[nH]1)C1CCCCC1. The second-order valence-corrected chi connectivity index (χ2v) is 16.3. The summed E-state index contributed by atoms with van der Waals surface area (Å²) in [5.41, 5.74) is 5.71. The third-order valence-corrected chi connectivity index (χ3v) is 12.6. The Morgan fingerprint density at radius 1 is 0.583 bits per heavy atom. The molecule has 0 saturated heterocycles. The molecule has 0 radical (unpaired) electrons. The summed E-state index contributed by atoms with van der Waals surface area (Å²) < 4.78 is 9.76. The molecule has 14 heteroatoms. The number of alkyl carbamates (subject to hydrolysis) is 2. The van der Waals surface area contributed by atoms with E-state index in [0.717, 1.165) is 97.8 Å². The van der Waals surface area contributed by atoms with Crippen LogP contribution >= 0.6 is 0 Å². The molecule has 2 aromatic heterocycles. The zero-order valence-corrected chi connectivity index (χ0v) is 34.3. The van der Waals surface area contributed by atoms with Crippen molar-refractivity contribution in [2.75, 3.05) is 27.3 Å². The number of nitrogens with zero attached hydrogens (tertiary/aromatic N) is 4. The second kappa shape index (κ2) is 18.4. The highest BCUT2D eigenvalue weighted by molar-refractivity contribution is 5.88. The summed E-state index contributed by atoms with van der Waals surface area (Å²) in [6.07, 6.45) is 20.3. The van der Waals surface area contributed by atoms with Crippen molar-refractivity contribution < 1.29 is 28.7 Å². The van der Waals surface area contributed by atoms with Gasteiger partial charge in [-0.15, -0.1) is 0 Å². The average Bonchev–Trinajstić information content (AvgIpc) is 4.15. The van der Waals surface area contributed by atoms with Crippen LogP contribution in [0.15, 0.2) is 85.2 Å². The van der Waals surface area contributed by atoms with Crippen LogP contribution in [0.5, 0.6) is 0 Å². The summed E-state index contributed by atoms with van der Waals surface area (Å²) in [7, 11) is 2.64. The molecule has 4 heterocycles. The number of nitrogens with one attached hydrogen (secondary N) is 4. The predicted molar refractivity (Wildman–Crippen MR) is 226 cm³/mol. The Morgan fingerprint density at radius 3 is 1.32 bits per heavy atom. The van der Waals surface area contributed by atoms with Gasteiger partial charge in [0, 0.05) is 13.1 Å². The van der Waals surface area contributed by atoms with Crippen molar-refractivity contribution in [3.8, 4) is 33.6 Å². The fourth-order valence-corrected chi connectivity index (χ4v) is 9.35. The van der Waals surface area contributed by atoms with Gasteiger partial charge in [0.2, 0.25) is 11.8 Å². The first-order valence-corrected chi connectivity index (χ1v) is 21.3. The molecule has 2 aliphatic carbocycles. The number of carbonyl (C=O) groups is 4. The minimum Gasteiger partial charge on any atom is -0.453 e. The van der Waals surface area contributed by atoms with Gasteiger partial charge < -0.3 is 39.9 Å². The van der Waals surface area contributed by atoms with Crippen molar-refractivity contribution >= 4 is 24.0 Å². The average molecular weight is 815 g/mol. The van der Waals surface area contributed by atoms with Crippen molar-refractivity contribution in [3.63, 3.8) is 0 Å². The molecule has 0 bridgehead atoms. The Balaban J connectivity index is 0.915. The molecular formula is C46H54N8O6. The molecule has 4 aromatic rings. The van der Waals surface area contributed by atoms with E-state index in [9.17, 15) is 19.2 Å². The molecule has 14 nitrogen and oxygen atoms in total. The zero-order chi connectivity index (χ0) is 41.6. The van der Waals surface area contributed by atoms with Crippen molar-refractivity contribution in [3.05, 3.63) is 96.9 Å². The van der Waals surface area contributed by atoms with E-state index in [0.29, 0.717) is 24.7 Å². The Labute approximate surface area is 350 Å². The smallest absolute Gasteiger partial charge is 0.407 e. The monoisotopic (exact) mass is 814 g/mol. The molecule has 1 unspecified atom stereocenters. The van der Waals surface area contributed by atoms with E-state index in [-0.39, 0.29) is 35.7 Å². The lowest BCUT2D eigenvalue weighted by atomic mass is 9.83. The van der Waals surface area contributed by atoms with Gasteiger partial charge in [0.05, 0.1) is 38.0 Å². The number of H-pyrrole nitrogens is 2. The Morgan fingerprint density at radius 2 is 0.950 bits per heavy atom. The minimum absolute atomic E-state index is 0.0694. The molecule has 8 rings (SSSR count). The maximum Gasteiger partial charge on any atom is 0.407 e. The van der Waals surface area contributed by atoms with Gasteiger partial charge in [-0.1, -0.05) is 111 Å². The van der Waals surface area contributed by atoms with Crippen LogP contribution in [-0.4, -0.2) is 93.1 Å². The summed E-state index contributed by atoms with van der Waals surface area (Å²) in [6, 6.07) is 14.5. The number of methoxy groups -OCH3 is 2. The van der Waals surface area contributed by atoms with E-state index in [1.807, 2.05) is 24.3 Å². The number of benzene rings is 2. The number of rotatable bonds is 11. The van der Waals surface area contributed by atoms with Crippen LogP contribution in [0, 0.1) is 11.8 Å². The lowest BCUT2D eigenvalue weighted by Crippen LogP contribution is -2.52. The topological polar surface area (TPSA) is 175 Å². The van der Waals surface area contributed by atoms with Gasteiger partial charge in [0.15, 0.2) is 0 Å². The summed E-state index contributed by atoms with van der Waals surface area (Å²) in [5, 5.41) is 5.68. The largest absolute Gasteiger partial charge is 0.453 e. The molecule has 4 atom stereocenters. The maximum absolute atomic E-state index is 14.0. The second-order valence-electron chi connectivity index (χ2n) is 16.3. The fourth-order valence-electron chi connectivity index (χ4n) is 9.35. The van der Waals surface area contributed by atoms with Gasteiger partial charge in [-0.05, 0) is 59.8 Å². The van der Waals surface area contributed by atoms with Crippen LogP contribution in [0.3, 0.4) is 0 Å². The number of ether oxygens (including phenoxy) is 2. The molecule has 2 fully saturated rings. The summed E-state index contributed by atoms with van der Waals surface area (Å²) in [4.78, 5) is 72.3. The molecule has 4 N–H and O–H groups in total. The van der Waals surface area contributed by atoms with E-state index in [2.05, 4.69) is 69.1 Å². The van der Waals surface area contributed by atoms with Gasteiger partial charge in [-0.25, -0.2) is 19.6 Å². The van der Waals surface area contributed by atoms with E-state index < -0.39 is 24.3 Å². The molecule has 314 valence electrons. The van der Waals surface area contributed by atoms with Crippen LogP contribution in [0.4, 0.5) is 9.59 Å². The highest BCUT2D eigenvalue weighted by atomic mass is 16.5. The molecule has 4 amide bonds. The van der Waals surface area contributed by atoms with Crippen molar-refractivity contribution in [2.45, 2.75) is 88.4 Å². The quantitative estimate of drug-likeness (QED) is 0.112. The van der Waals surface area contributed by atoms with Crippen LogP contribution in [-0.2, 0) is 19.1 Å². The first-order chi connectivity index (χ1) is 29.3. The van der Waals surface area contributed by atoms with Gasteiger partial charge in [0.25, 0.3) is 0 Å². The van der Waals surface area contributed by atoms with E-state index in [4.69, 9.17) is 19.4 Å². The van der Waals surface area contributed by atoms with E-state index in [1.54, 1.807) is 22.2 Å². The first kappa shape index (κ1) is 40.6. The zero-order valence-electron chi connectivity index (χ0n) is 34.3. The van der Waals surface area contributed by atoms with E-state index >= 15 is 0 Å². The van der Waals surface area contributed by atoms with Crippen LogP contribution in [0.1, 0.15) is 87.9 Å². The van der Waals surface area contributed by atoms with E-state index in [1.165, 1.54) is 14.2 Å². The van der Waals surface area contributed by atoms with Crippen LogP contribution < -0.4 is 10.6 Å². The lowest BCUT2D eigenvalue weighted by Gasteiger charge is -2.34. The molecule has 2 saturated carbocycles. The number of hydrogen-bond acceptors (Lipinski definition) is 8. The highest BCUT2D eigenvalue weighted by Crippen LogP contribution is 2.35. The predicted octanol–water partition coefficient (Wildman–Crippen LogP) is 7.62. The third-order valence-electron chi connectivity index (χ3n) is 12.6. The normalized spacial score (nSPS) is 20.5. The molecule has 4 aliphatic rings. The van der Waals surface area contributed by atoms with Gasteiger partial charge in [-0.2, -0.15) is 0 Å². The van der Waals surface area contributed by atoms with Crippen molar-refractivity contribution in [1.82, 2.24) is 40.4 Å². The molecule has 0 spiro atoms. The van der Waals surface area contributed by atoms with Crippen molar-refractivity contribution in [1.29, 1.82) is 0 Å². The summed E-state index contributed by atoms with van der Waals surface area (Å²) in [6.45, 7) is 0.882. The number of amides is 4. The fraction of sp³-hybridized carbons (Fsp3) is 0.435. The minimum atomic E-state index is -0.645. The molecule has 60 heavy (non-hydrogen) atoms. The highest BCUT2D eigenvalue weighted by Gasteiger charge is 2.40. The molecular weight excluding hydrogens is 761 g/mol. The Kier molecular flexibility index (Phi) is 12.4. The molecule has 2 aliphatic heterocycles. The summed E-state index contributed by atoms with van der Waals surface area (Å²) >= 11 is 0. The van der Waals surface area contributed by atoms with Crippen LogP contribution in [0.25, 0.3) is 33.6 Å². The standard InChI is InChI=1S/C46H54N8O6/c1-59-45(57)51-39(33-11-5-3-6-12-33)43(55)53-25-9-15-37(53)41-47-27-35(49-41)31-21-17-29(18-22-31)30-19-23-32(24-20-30)36-28-48-42(50-36)38-16-10-26-54(38)44(56)40(52-46(58)60-2)34-13-7-4-8-14-34/h9-10,15-24,27-28,33-34,37-40H,3-8,11-14,25-26H2,1-2H3,(H,47,49)(H,48,50)(H,51,57)(H,52,58)/t37-,38-,39-,40?/m0/s1. The van der Waals surface area contributed by atoms with Gasteiger partial charge in [-0.3, -0.25) is 9.59 Å². The first-order valence-electron chi connectivity index (χ1n) is 21.3. The van der Waals surface area contributed by atoms with Crippen LogP contribution in [0.2, 0.25) is 0 Å². The van der Waals surface area contributed by atoms with Gasteiger partial charge in [0.1, 0.15) is 35.8 Å². The summed E-state index contributed by atoms with van der Waals surface area (Å²) in [5.74, 6) is 1.22.